The van der Waals surface area contributed by atoms with Crippen molar-refractivity contribution in [1.82, 2.24) is 5.32 Å². The molecule has 154 valence electrons. The fourth-order valence-corrected chi connectivity index (χ4v) is 5.17. The van der Waals surface area contributed by atoms with Crippen LogP contribution < -0.4 is 15.5 Å². The molecule has 7 heteroatoms. The fourth-order valence-electron chi connectivity index (χ4n) is 5.17. The molecule has 0 aromatic heterocycles. The number of hydrogen-bond acceptors (Lipinski definition) is 3. The van der Waals surface area contributed by atoms with Crippen molar-refractivity contribution >= 4 is 11.4 Å². The molecule has 2 N–H and O–H groups in total. The third-order valence-electron chi connectivity index (χ3n) is 6.46. The quantitative estimate of drug-likeness (QED) is 0.735. The average Bonchev–Trinajstić information content (AvgIpc) is 3.15. The molecular weight excluding hydrogens is 382 g/mol. The van der Waals surface area contributed by atoms with Crippen molar-refractivity contribution in [3.05, 3.63) is 58.4 Å². The lowest BCUT2D eigenvalue weighted by atomic mass is 9.80. The Morgan fingerprint density at radius 3 is 2.83 bits per heavy atom. The fraction of sp³-hybridized carbons (Fsp3) is 0.455. The van der Waals surface area contributed by atoms with E-state index in [0.717, 1.165) is 50.8 Å². The summed E-state index contributed by atoms with van der Waals surface area (Å²) in [5.74, 6) is 0.160. The molecule has 5 rings (SSSR count). The van der Waals surface area contributed by atoms with Crippen molar-refractivity contribution in [3.63, 3.8) is 0 Å². The Morgan fingerprint density at radius 1 is 1.14 bits per heavy atom. The molecule has 0 bridgehead atoms. The van der Waals surface area contributed by atoms with E-state index in [-0.39, 0.29) is 12.1 Å². The van der Waals surface area contributed by atoms with Gasteiger partial charge in [-0.25, -0.2) is 4.39 Å². The Morgan fingerprint density at radius 2 is 2.00 bits per heavy atom. The first-order chi connectivity index (χ1) is 13.9. The van der Waals surface area contributed by atoms with Gasteiger partial charge in [-0.15, -0.1) is 0 Å². The second kappa shape index (κ2) is 6.90. The Bertz CT molecular complexity index is 940. The van der Waals surface area contributed by atoms with E-state index in [1.54, 1.807) is 0 Å². The van der Waals surface area contributed by atoms with Gasteiger partial charge in [-0.1, -0.05) is 6.07 Å². The van der Waals surface area contributed by atoms with Gasteiger partial charge in [0.1, 0.15) is 5.82 Å². The van der Waals surface area contributed by atoms with Gasteiger partial charge < -0.3 is 15.5 Å². The first kappa shape index (κ1) is 18.7. The molecule has 2 atom stereocenters. The second-order valence-corrected chi connectivity index (χ2v) is 8.30. The van der Waals surface area contributed by atoms with Crippen molar-refractivity contribution in [2.45, 2.75) is 31.5 Å². The first-order valence-electron chi connectivity index (χ1n) is 10.1. The minimum Gasteiger partial charge on any atom is -0.381 e. The highest BCUT2D eigenvalue weighted by Gasteiger charge is 2.39. The minimum absolute atomic E-state index is 0.00338. The van der Waals surface area contributed by atoms with Gasteiger partial charge in [-0.3, -0.25) is 0 Å². The summed E-state index contributed by atoms with van der Waals surface area (Å²) in [6, 6.07) is 7.05. The Balaban J connectivity index is 1.46. The third-order valence-corrected chi connectivity index (χ3v) is 6.46. The molecule has 3 heterocycles. The van der Waals surface area contributed by atoms with Crippen LogP contribution in [0.3, 0.4) is 0 Å². The summed E-state index contributed by atoms with van der Waals surface area (Å²) in [6.07, 6.45) is -2.50. The summed E-state index contributed by atoms with van der Waals surface area (Å²) in [4.78, 5) is 2.48. The maximum Gasteiger partial charge on any atom is 0.416 e. The molecule has 0 aliphatic carbocycles. The van der Waals surface area contributed by atoms with Crippen LogP contribution in [0.2, 0.25) is 0 Å². The SMILES string of the molecule is Fc1ccc(CNc2cc3c4c(c2)C2CNCC2CN4CCC3)c(C(F)(F)F)c1. The second-order valence-electron chi connectivity index (χ2n) is 8.30. The summed E-state index contributed by atoms with van der Waals surface area (Å²) in [5.41, 5.74) is 3.88. The van der Waals surface area contributed by atoms with Crippen LogP contribution in [0.5, 0.6) is 0 Å². The van der Waals surface area contributed by atoms with Crippen LogP contribution in [0.1, 0.15) is 34.6 Å². The van der Waals surface area contributed by atoms with Crippen LogP contribution in [0.4, 0.5) is 28.9 Å². The lowest BCUT2D eigenvalue weighted by molar-refractivity contribution is -0.138. The topological polar surface area (TPSA) is 27.3 Å². The summed E-state index contributed by atoms with van der Waals surface area (Å²) in [6.45, 7) is 4.11. The van der Waals surface area contributed by atoms with Crippen LogP contribution in [-0.2, 0) is 19.1 Å². The van der Waals surface area contributed by atoms with Crippen LogP contribution in [-0.4, -0.2) is 26.2 Å². The van der Waals surface area contributed by atoms with E-state index < -0.39 is 17.6 Å². The van der Waals surface area contributed by atoms with Gasteiger partial charge >= 0.3 is 6.18 Å². The largest absolute Gasteiger partial charge is 0.416 e. The van der Waals surface area contributed by atoms with Gasteiger partial charge in [0, 0.05) is 50.0 Å². The van der Waals surface area contributed by atoms with E-state index in [4.69, 9.17) is 0 Å². The molecule has 0 radical (unpaired) electrons. The number of fused-ring (bicyclic) bond motifs is 2. The predicted molar refractivity (Wildman–Crippen MR) is 105 cm³/mol. The van der Waals surface area contributed by atoms with Crippen molar-refractivity contribution in [3.8, 4) is 0 Å². The molecular formula is C22H23F4N3. The third kappa shape index (κ3) is 3.35. The Kier molecular flexibility index (Phi) is 4.46. The monoisotopic (exact) mass is 405 g/mol. The number of alkyl halides is 3. The van der Waals surface area contributed by atoms with Gasteiger partial charge in [0.05, 0.1) is 5.56 Å². The Labute approximate surface area is 167 Å². The van der Waals surface area contributed by atoms with Gasteiger partial charge in [0.25, 0.3) is 0 Å². The molecule has 0 amide bonds. The van der Waals surface area contributed by atoms with E-state index in [1.807, 2.05) is 0 Å². The van der Waals surface area contributed by atoms with Gasteiger partial charge in [0.15, 0.2) is 0 Å². The van der Waals surface area contributed by atoms with Crippen LogP contribution in [0, 0.1) is 11.7 Å². The molecule has 2 unspecified atom stereocenters. The highest BCUT2D eigenvalue weighted by atomic mass is 19.4. The van der Waals surface area contributed by atoms with E-state index in [2.05, 4.69) is 27.7 Å². The van der Waals surface area contributed by atoms with Gasteiger partial charge in [-0.2, -0.15) is 13.2 Å². The maximum atomic E-state index is 13.4. The van der Waals surface area contributed by atoms with E-state index >= 15 is 0 Å². The van der Waals surface area contributed by atoms with Crippen LogP contribution in [0.15, 0.2) is 30.3 Å². The van der Waals surface area contributed by atoms with Crippen molar-refractivity contribution in [1.29, 1.82) is 0 Å². The van der Waals surface area contributed by atoms with E-state index in [0.29, 0.717) is 17.9 Å². The summed E-state index contributed by atoms with van der Waals surface area (Å²) < 4.78 is 53.2. The summed E-state index contributed by atoms with van der Waals surface area (Å²) >= 11 is 0. The molecule has 3 aliphatic rings. The predicted octanol–water partition coefficient (Wildman–Crippen LogP) is 4.53. The lowest BCUT2D eigenvalue weighted by Crippen LogP contribution is -2.41. The number of nitrogens with one attached hydrogen (secondary N) is 2. The highest BCUT2D eigenvalue weighted by Crippen LogP contribution is 2.46. The normalized spacial score (nSPS) is 23.0. The van der Waals surface area contributed by atoms with Crippen molar-refractivity contribution < 1.29 is 17.6 Å². The molecule has 2 aromatic rings. The number of halogens is 4. The number of aryl methyl sites for hydroxylation is 1. The maximum absolute atomic E-state index is 13.4. The number of benzene rings is 2. The zero-order valence-electron chi connectivity index (χ0n) is 16.0. The summed E-state index contributed by atoms with van der Waals surface area (Å²) in [7, 11) is 0. The van der Waals surface area contributed by atoms with Crippen LogP contribution in [0.25, 0.3) is 0 Å². The number of nitrogens with zero attached hydrogens (tertiary/aromatic N) is 1. The molecule has 2 aromatic carbocycles. The summed E-state index contributed by atoms with van der Waals surface area (Å²) in [5, 5.41) is 6.66. The highest BCUT2D eigenvalue weighted by molar-refractivity contribution is 5.70. The first-order valence-corrected chi connectivity index (χ1v) is 10.1. The molecule has 1 fully saturated rings. The van der Waals surface area contributed by atoms with E-state index in [1.165, 1.54) is 22.9 Å². The number of hydrogen-bond donors (Lipinski definition) is 2. The van der Waals surface area contributed by atoms with Gasteiger partial charge in [-0.05, 0) is 59.7 Å². The number of rotatable bonds is 3. The van der Waals surface area contributed by atoms with Crippen molar-refractivity contribution in [2.24, 2.45) is 5.92 Å². The number of anilines is 2. The lowest BCUT2D eigenvalue weighted by Gasteiger charge is -2.42. The zero-order chi connectivity index (χ0) is 20.2. The Hall–Kier alpha value is -2.28. The average molecular weight is 405 g/mol. The molecule has 29 heavy (non-hydrogen) atoms. The molecule has 3 nitrogen and oxygen atoms in total. The minimum atomic E-state index is -4.58. The van der Waals surface area contributed by atoms with E-state index in [9.17, 15) is 17.6 Å². The smallest absolute Gasteiger partial charge is 0.381 e. The molecule has 0 spiro atoms. The molecule has 0 saturated carbocycles. The van der Waals surface area contributed by atoms with Crippen LogP contribution >= 0.6 is 0 Å². The van der Waals surface area contributed by atoms with Gasteiger partial charge in [0.2, 0.25) is 0 Å². The molecule has 1 saturated heterocycles. The van der Waals surface area contributed by atoms with Crippen molar-refractivity contribution in [2.75, 3.05) is 36.4 Å². The zero-order valence-corrected chi connectivity index (χ0v) is 16.0. The molecule has 3 aliphatic heterocycles. The standard InChI is InChI=1S/C22H23F4N3/c23-16-4-3-14(20(7-16)22(24,25)26)10-28-17-6-13-2-1-5-29-12-15-9-27-11-19(15)18(8-17)21(13)29/h3-4,6-8,15,19,27-28H,1-2,5,9-12H2.